The number of nitrogens with two attached hydrogens (primary N) is 1. The molecule has 154 valence electrons. The SMILES string of the molecule is CCn1c(-c2ccc(S(=O)(=O)NCC(=O)OC)cc2)c(N)c2ccc(OC)cc21. The molecule has 0 unspecified atom stereocenters. The highest BCUT2D eigenvalue weighted by Crippen LogP contribution is 2.37. The maximum atomic E-state index is 12.3. The Morgan fingerprint density at radius 1 is 1.14 bits per heavy atom. The van der Waals surface area contributed by atoms with Crippen molar-refractivity contribution in [1.29, 1.82) is 0 Å². The largest absolute Gasteiger partial charge is 0.497 e. The number of sulfonamides is 1. The number of ether oxygens (including phenoxy) is 2. The number of nitrogens with one attached hydrogen (secondary N) is 1. The molecule has 0 amide bonds. The molecule has 0 radical (unpaired) electrons. The van der Waals surface area contributed by atoms with E-state index in [0.717, 1.165) is 27.9 Å². The van der Waals surface area contributed by atoms with Gasteiger partial charge in [-0.15, -0.1) is 0 Å². The van der Waals surface area contributed by atoms with Gasteiger partial charge >= 0.3 is 5.97 Å². The molecular weight excluding hydrogens is 394 g/mol. The Hall–Kier alpha value is -3.04. The topological polar surface area (TPSA) is 113 Å². The van der Waals surface area contributed by atoms with Gasteiger partial charge in [-0.05, 0) is 31.2 Å². The van der Waals surface area contributed by atoms with E-state index in [9.17, 15) is 13.2 Å². The van der Waals surface area contributed by atoms with Crippen LogP contribution in [0.1, 0.15) is 6.92 Å². The summed E-state index contributed by atoms with van der Waals surface area (Å²) in [6, 6.07) is 12.0. The third-order valence-electron chi connectivity index (χ3n) is 4.70. The van der Waals surface area contributed by atoms with Gasteiger partial charge in [0.15, 0.2) is 0 Å². The number of carbonyl (C=O) groups is 1. The first-order valence-corrected chi connectivity index (χ1v) is 10.4. The molecule has 8 nitrogen and oxygen atoms in total. The van der Waals surface area contributed by atoms with Crippen molar-refractivity contribution < 1.29 is 22.7 Å². The summed E-state index contributed by atoms with van der Waals surface area (Å²) in [5.74, 6) is 0.0650. The van der Waals surface area contributed by atoms with Gasteiger partial charge in [-0.2, -0.15) is 4.72 Å². The fraction of sp³-hybridized carbons (Fsp3) is 0.250. The molecule has 9 heteroatoms. The summed E-state index contributed by atoms with van der Waals surface area (Å²) in [6.07, 6.45) is 0. The molecule has 3 aromatic rings. The Labute approximate surface area is 169 Å². The number of aryl methyl sites for hydroxylation is 1. The number of esters is 1. The summed E-state index contributed by atoms with van der Waals surface area (Å²) >= 11 is 0. The number of fused-ring (bicyclic) bond motifs is 1. The average Bonchev–Trinajstić information content (AvgIpc) is 3.03. The standard InChI is InChI=1S/C20H23N3O5S/c1-4-23-17-11-14(27-2)7-10-16(17)19(21)20(23)13-5-8-15(9-6-13)29(25,26)22-12-18(24)28-3/h5-11,22H,4,12,21H2,1-3H3. The number of anilines is 1. The van der Waals surface area contributed by atoms with E-state index in [0.29, 0.717) is 12.2 Å². The van der Waals surface area contributed by atoms with Crippen molar-refractivity contribution in [3.8, 4) is 17.0 Å². The van der Waals surface area contributed by atoms with Crippen LogP contribution in [0.2, 0.25) is 0 Å². The molecule has 1 aromatic heterocycles. The maximum absolute atomic E-state index is 12.3. The molecule has 0 aliphatic heterocycles. The molecule has 29 heavy (non-hydrogen) atoms. The Bertz CT molecular complexity index is 1150. The molecule has 0 fully saturated rings. The van der Waals surface area contributed by atoms with Gasteiger partial charge < -0.3 is 19.8 Å². The van der Waals surface area contributed by atoms with E-state index in [1.165, 1.54) is 19.2 Å². The quantitative estimate of drug-likeness (QED) is 0.571. The number of rotatable bonds is 7. The predicted molar refractivity (Wildman–Crippen MR) is 111 cm³/mol. The van der Waals surface area contributed by atoms with Crippen molar-refractivity contribution in [1.82, 2.24) is 9.29 Å². The summed E-state index contributed by atoms with van der Waals surface area (Å²) < 4.78 is 38.7. The van der Waals surface area contributed by atoms with E-state index in [2.05, 4.69) is 14.0 Å². The third-order valence-corrected chi connectivity index (χ3v) is 6.12. The van der Waals surface area contributed by atoms with E-state index >= 15 is 0 Å². The summed E-state index contributed by atoms with van der Waals surface area (Å²) in [6.45, 7) is 2.26. The number of hydrogen-bond donors (Lipinski definition) is 2. The van der Waals surface area contributed by atoms with Crippen LogP contribution < -0.4 is 15.2 Å². The van der Waals surface area contributed by atoms with Crippen molar-refractivity contribution in [2.75, 3.05) is 26.5 Å². The van der Waals surface area contributed by atoms with Crippen LogP contribution in [0.25, 0.3) is 22.2 Å². The summed E-state index contributed by atoms with van der Waals surface area (Å²) in [5.41, 5.74) is 9.56. The highest BCUT2D eigenvalue weighted by molar-refractivity contribution is 7.89. The van der Waals surface area contributed by atoms with E-state index in [1.54, 1.807) is 19.2 Å². The molecule has 0 aliphatic carbocycles. The molecular formula is C20H23N3O5S. The number of nitrogen functional groups attached to an aromatic ring is 1. The summed E-state index contributed by atoms with van der Waals surface area (Å²) in [7, 11) is -1.03. The first-order valence-electron chi connectivity index (χ1n) is 8.95. The molecule has 0 saturated carbocycles. The van der Waals surface area contributed by atoms with Crippen LogP contribution in [-0.4, -0.2) is 39.7 Å². The lowest BCUT2D eigenvalue weighted by atomic mass is 10.1. The minimum absolute atomic E-state index is 0.0459. The normalized spacial score (nSPS) is 11.6. The Morgan fingerprint density at radius 2 is 1.83 bits per heavy atom. The van der Waals surface area contributed by atoms with Crippen LogP contribution in [-0.2, 0) is 26.1 Å². The molecule has 0 saturated heterocycles. The van der Waals surface area contributed by atoms with Crippen molar-refractivity contribution in [2.45, 2.75) is 18.4 Å². The van der Waals surface area contributed by atoms with E-state index < -0.39 is 22.5 Å². The average molecular weight is 417 g/mol. The fourth-order valence-corrected chi connectivity index (χ4v) is 4.19. The smallest absolute Gasteiger partial charge is 0.320 e. The van der Waals surface area contributed by atoms with Gasteiger partial charge in [-0.25, -0.2) is 8.42 Å². The maximum Gasteiger partial charge on any atom is 0.320 e. The number of aromatic nitrogens is 1. The van der Waals surface area contributed by atoms with Gasteiger partial charge in [-0.1, -0.05) is 12.1 Å². The van der Waals surface area contributed by atoms with Crippen molar-refractivity contribution in [3.63, 3.8) is 0 Å². The first-order chi connectivity index (χ1) is 13.8. The molecule has 3 rings (SSSR count). The zero-order valence-corrected chi connectivity index (χ0v) is 17.2. The van der Waals surface area contributed by atoms with Crippen LogP contribution in [0.3, 0.4) is 0 Å². The lowest BCUT2D eigenvalue weighted by molar-refractivity contribution is -0.139. The second kappa shape index (κ2) is 8.14. The van der Waals surface area contributed by atoms with Gasteiger partial charge in [0.2, 0.25) is 10.0 Å². The molecule has 0 atom stereocenters. The van der Waals surface area contributed by atoms with Gasteiger partial charge in [0, 0.05) is 23.6 Å². The number of hydrogen-bond acceptors (Lipinski definition) is 6. The predicted octanol–water partition coefficient (Wildman–Crippen LogP) is 2.37. The van der Waals surface area contributed by atoms with Crippen LogP contribution >= 0.6 is 0 Å². The van der Waals surface area contributed by atoms with E-state index in [1.807, 2.05) is 25.1 Å². The second-order valence-corrected chi connectivity index (χ2v) is 8.08. The minimum Gasteiger partial charge on any atom is -0.497 e. The number of benzene rings is 2. The molecule has 0 spiro atoms. The fourth-order valence-electron chi connectivity index (χ4n) is 3.22. The zero-order chi connectivity index (χ0) is 21.2. The monoisotopic (exact) mass is 417 g/mol. The number of carbonyl (C=O) groups excluding carboxylic acids is 1. The Morgan fingerprint density at radius 3 is 2.41 bits per heavy atom. The van der Waals surface area contributed by atoms with Crippen LogP contribution in [0, 0.1) is 0 Å². The Kier molecular flexibility index (Phi) is 5.81. The second-order valence-electron chi connectivity index (χ2n) is 6.31. The van der Waals surface area contributed by atoms with Gasteiger partial charge in [0.05, 0.1) is 36.0 Å². The van der Waals surface area contributed by atoms with Crippen LogP contribution in [0.5, 0.6) is 5.75 Å². The third kappa shape index (κ3) is 3.92. The highest BCUT2D eigenvalue weighted by atomic mass is 32.2. The molecule has 0 bridgehead atoms. The van der Waals surface area contributed by atoms with Gasteiger partial charge in [0.1, 0.15) is 12.3 Å². The zero-order valence-electron chi connectivity index (χ0n) is 16.4. The molecule has 2 aromatic carbocycles. The highest BCUT2D eigenvalue weighted by Gasteiger charge is 2.19. The lowest BCUT2D eigenvalue weighted by Crippen LogP contribution is -2.30. The summed E-state index contributed by atoms with van der Waals surface area (Å²) in [5, 5.41) is 0.902. The Balaban J connectivity index is 2.01. The summed E-state index contributed by atoms with van der Waals surface area (Å²) in [4.78, 5) is 11.2. The molecule has 3 N–H and O–H groups in total. The molecule has 1 heterocycles. The van der Waals surface area contributed by atoms with Crippen LogP contribution in [0.15, 0.2) is 47.4 Å². The van der Waals surface area contributed by atoms with Gasteiger partial charge in [-0.3, -0.25) is 4.79 Å². The van der Waals surface area contributed by atoms with Crippen molar-refractivity contribution >= 4 is 32.6 Å². The van der Waals surface area contributed by atoms with E-state index in [-0.39, 0.29) is 4.90 Å². The molecule has 0 aliphatic rings. The van der Waals surface area contributed by atoms with Crippen molar-refractivity contribution in [3.05, 3.63) is 42.5 Å². The van der Waals surface area contributed by atoms with Gasteiger partial charge in [0.25, 0.3) is 0 Å². The first kappa shape index (κ1) is 20.7. The van der Waals surface area contributed by atoms with Crippen molar-refractivity contribution in [2.24, 2.45) is 0 Å². The number of methoxy groups -OCH3 is 2. The minimum atomic E-state index is -3.83. The number of nitrogens with zero attached hydrogens (tertiary/aromatic N) is 1. The van der Waals surface area contributed by atoms with E-state index in [4.69, 9.17) is 10.5 Å². The van der Waals surface area contributed by atoms with Crippen LogP contribution in [0.4, 0.5) is 5.69 Å². The lowest BCUT2D eigenvalue weighted by Gasteiger charge is -2.11.